The Morgan fingerprint density at radius 3 is 2.62 bits per heavy atom. The first-order chi connectivity index (χ1) is 12.4. The molecule has 4 rings (SSSR count). The highest BCUT2D eigenvalue weighted by Gasteiger charge is 2.20. The summed E-state index contributed by atoms with van der Waals surface area (Å²) in [5.41, 5.74) is 2.36. The summed E-state index contributed by atoms with van der Waals surface area (Å²) in [6.07, 6.45) is 4.66. The van der Waals surface area contributed by atoms with Gasteiger partial charge in [0.15, 0.2) is 0 Å². The molecule has 26 heavy (non-hydrogen) atoms. The summed E-state index contributed by atoms with van der Waals surface area (Å²) in [5, 5.41) is 9.71. The number of nitrogens with two attached hydrogens (primary N) is 1. The molecule has 0 saturated carbocycles. The van der Waals surface area contributed by atoms with Gasteiger partial charge >= 0.3 is 0 Å². The Morgan fingerprint density at radius 2 is 1.88 bits per heavy atom. The first kappa shape index (κ1) is 17.4. The van der Waals surface area contributed by atoms with Gasteiger partial charge in [-0.15, -0.1) is 11.3 Å². The van der Waals surface area contributed by atoms with E-state index in [1.54, 1.807) is 23.5 Å². The number of hydrogen-bond acceptors (Lipinski definition) is 6. The van der Waals surface area contributed by atoms with Crippen molar-refractivity contribution in [2.75, 3.05) is 5.32 Å². The molecule has 1 aliphatic carbocycles. The highest BCUT2D eigenvalue weighted by Crippen LogP contribution is 2.38. The Morgan fingerprint density at radius 1 is 1.15 bits per heavy atom. The predicted octanol–water partition coefficient (Wildman–Crippen LogP) is 3.14. The van der Waals surface area contributed by atoms with Crippen LogP contribution in [0.3, 0.4) is 0 Å². The van der Waals surface area contributed by atoms with Gasteiger partial charge in [-0.05, 0) is 55.9 Å². The number of anilines is 1. The third kappa shape index (κ3) is 3.32. The first-order valence-electron chi connectivity index (χ1n) is 8.56. The van der Waals surface area contributed by atoms with E-state index in [4.69, 9.17) is 5.14 Å². The van der Waals surface area contributed by atoms with Gasteiger partial charge in [0.25, 0.3) is 0 Å². The summed E-state index contributed by atoms with van der Waals surface area (Å²) in [5.74, 6) is 1.62. The van der Waals surface area contributed by atoms with E-state index in [0.29, 0.717) is 6.54 Å². The number of aromatic nitrogens is 2. The molecule has 3 N–H and O–H groups in total. The van der Waals surface area contributed by atoms with Crippen molar-refractivity contribution in [1.29, 1.82) is 0 Å². The topological polar surface area (TPSA) is 98.0 Å². The van der Waals surface area contributed by atoms with Gasteiger partial charge in [0.05, 0.1) is 10.3 Å². The van der Waals surface area contributed by atoms with Crippen LogP contribution in [0.1, 0.15) is 34.7 Å². The molecular formula is C18H20N4O2S2. The maximum atomic E-state index is 11.4. The minimum absolute atomic E-state index is 0.119. The van der Waals surface area contributed by atoms with Crippen LogP contribution in [-0.4, -0.2) is 18.4 Å². The predicted molar refractivity (Wildman–Crippen MR) is 104 cm³/mol. The van der Waals surface area contributed by atoms with Gasteiger partial charge in [-0.1, -0.05) is 12.1 Å². The molecule has 0 amide bonds. The largest absolute Gasteiger partial charge is 0.365 e. The highest BCUT2D eigenvalue weighted by molar-refractivity contribution is 7.89. The van der Waals surface area contributed by atoms with E-state index in [1.165, 1.54) is 35.4 Å². The molecule has 0 radical (unpaired) electrons. The fourth-order valence-corrected chi connectivity index (χ4v) is 5.20. The zero-order valence-electron chi connectivity index (χ0n) is 14.4. The van der Waals surface area contributed by atoms with Crippen LogP contribution in [0.4, 0.5) is 5.82 Å². The van der Waals surface area contributed by atoms with Gasteiger partial charge in [0.1, 0.15) is 16.5 Å². The zero-order valence-corrected chi connectivity index (χ0v) is 16.1. The van der Waals surface area contributed by atoms with Crippen molar-refractivity contribution >= 4 is 37.4 Å². The smallest absolute Gasteiger partial charge is 0.238 e. The van der Waals surface area contributed by atoms with Crippen LogP contribution in [0, 0.1) is 6.92 Å². The van der Waals surface area contributed by atoms with Crippen LogP contribution in [-0.2, 0) is 29.4 Å². The number of primary sulfonamides is 1. The zero-order chi connectivity index (χ0) is 18.3. The first-order valence-corrected chi connectivity index (χ1v) is 10.9. The lowest BCUT2D eigenvalue weighted by atomic mass is 9.97. The summed E-state index contributed by atoms with van der Waals surface area (Å²) in [4.78, 5) is 11.9. The summed E-state index contributed by atoms with van der Waals surface area (Å²) >= 11 is 1.78. The van der Waals surface area contributed by atoms with E-state index in [2.05, 4.69) is 15.3 Å². The molecule has 0 unspecified atom stereocenters. The fraction of sp³-hybridized carbons (Fsp3) is 0.333. The minimum Gasteiger partial charge on any atom is -0.365 e. The summed E-state index contributed by atoms with van der Waals surface area (Å²) in [7, 11) is -3.66. The molecule has 0 atom stereocenters. The van der Waals surface area contributed by atoms with E-state index in [9.17, 15) is 8.42 Å². The molecule has 0 spiro atoms. The number of sulfonamides is 1. The normalized spacial score (nSPS) is 14.4. The van der Waals surface area contributed by atoms with Crippen molar-refractivity contribution in [2.45, 2.75) is 44.0 Å². The van der Waals surface area contributed by atoms with Crippen molar-refractivity contribution in [3.63, 3.8) is 0 Å². The van der Waals surface area contributed by atoms with Crippen LogP contribution in [0.25, 0.3) is 10.2 Å². The van der Waals surface area contributed by atoms with Crippen molar-refractivity contribution < 1.29 is 8.42 Å². The third-order valence-electron chi connectivity index (χ3n) is 4.64. The van der Waals surface area contributed by atoms with Crippen LogP contribution >= 0.6 is 11.3 Å². The maximum Gasteiger partial charge on any atom is 0.238 e. The average Bonchev–Trinajstić information content (AvgIpc) is 2.97. The second-order valence-electron chi connectivity index (χ2n) is 6.55. The Labute approximate surface area is 156 Å². The Kier molecular flexibility index (Phi) is 4.42. The molecule has 136 valence electrons. The number of nitrogens with zero attached hydrogens (tertiary/aromatic N) is 2. The molecule has 2 heterocycles. The van der Waals surface area contributed by atoms with Gasteiger partial charge < -0.3 is 5.32 Å². The second-order valence-corrected chi connectivity index (χ2v) is 9.20. The van der Waals surface area contributed by atoms with E-state index in [-0.39, 0.29) is 4.90 Å². The van der Waals surface area contributed by atoms with E-state index in [0.717, 1.165) is 40.3 Å². The maximum absolute atomic E-state index is 11.4. The molecular weight excluding hydrogens is 368 g/mol. The Hall–Kier alpha value is -2.03. The number of nitrogens with one attached hydrogen (secondary N) is 1. The quantitative estimate of drug-likeness (QED) is 0.715. The van der Waals surface area contributed by atoms with Gasteiger partial charge in [0, 0.05) is 11.4 Å². The SMILES string of the molecule is Cc1nc(NCc2ccc(S(N)(=O)=O)cc2)c2c3c(sc2n1)CCCC3. The molecule has 0 bridgehead atoms. The molecule has 8 heteroatoms. The molecule has 0 fully saturated rings. The number of aryl methyl sites for hydroxylation is 3. The number of rotatable bonds is 4. The molecule has 1 aliphatic rings. The van der Waals surface area contributed by atoms with E-state index < -0.39 is 10.0 Å². The number of hydrogen-bond donors (Lipinski definition) is 2. The van der Waals surface area contributed by atoms with Gasteiger partial charge in [-0.2, -0.15) is 0 Å². The highest BCUT2D eigenvalue weighted by atomic mass is 32.2. The van der Waals surface area contributed by atoms with Crippen molar-refractivity contribution in [2.24, 2.45) is 5.14 Å². The molecule has 1 aromatic carbocycles. The fourth-order valence-electron chi connectivity index (χ4n) is 3.37. The molecule has 2 aromatic heterocycles. The van der Waals surface area contributed by atoms with Crippen molar-refractivity contribution in [3.05, 3.63) is 46.1 Å². The van der Waals surface area contributed by atoms with Gasteiger partial charge in [-0.25, -0.2) is 23.5 Å². The standard InChI is InChI=1S/C18H20N4O2S2/c1-11-21-17(16-14-4-2-3-5-15(14)25-18(16)22-11)20-10-12-6-8-13(9-7-12)26(19,23)24/h6-9H,2-5,10H2,1H3,(H2,19,23,24)(H,20,21,22). The van der Waals surface area contributed by atoms with Gasteiger partial charge in [0.2, 0.25) is 10.0 Å². The summed E-state index contributed by atoms with van der Waals surface area (Å²) < 4.78 is 22.7. The molecule has 0 aliphatic heterocycles. The summed E-state index contributed by atoms with van der Waals surface area (Å²) in [6.45, 7) is 2.46. The Bertz CT molecular complexity index is 1070. The monoisotopic (exact) mass is 388 g/mol. The molecule has 0 saturated heterocycles. The van der Waals surface area contributed by atoms with Crippen LogP contribution < -0.4 is 10.5 Å². The van der Waals surface area contributed by atoms with Crippen LogP contribution in [0.2, 0.25) is 0 Å². The van der Waals surface area contributed by atoms with E-state index in [1.807, 2.05) is 6.92 Å². The minimum atomic E-state index is -3.66. The van der Waals surface area contributed by atoms with E-state index >= 15 is 0 Å². The van der Waals surface area contributed by atoms with Crippen molar-refractivity contribution in [3.8, 4) is 0 Å². The van der Waals surface area contributed by atoms with Crippen LogP contribution in [0.5, 0.6) is 0 Å². The summed E-state index contributed by atoms with van der Waals surface area (Å²) in [6, 6.07) is 6.58. The van der Waals surface area contributed by atoms with Crippen LogP contribution in [0.15, 0.2) is 29.2 Å². The molecule has 3 aromatic rings. The number of thiophene rings is 1. The number of fused-ring (bicyclic) bond motifs is 3. The lowest BCUT2D eigenvalue weighted by Crippen LogP contribution is -2.12. The number of benzene rings is 1. The molecule has 6 nitrogen and oxygen atoms in total. The lowest BCUT2D eigenvalue weighted by molar-refractivity contribution is 0.598. The van der Waals surface area contributed by atoms with Crippen molar-refractivity contribution in [1.82, 2.24) is 9.97 Å². The third-order valence-corrected chi connectivity index (χ3v) is 6.75. The van der Waals surface area contributed by atoms with Gasteiger partial charge in [-0.3, -0.25) is 0 Å². The second kappa shape index (κ2) is 6.61. The Balaban J connectivity index is 1.64. The average molecular weight is 389 g/mol. The lowest BCUT2D eigenvalue weighted by Gasteiger charge is -2.13.